The molecule has 0 radical (unpaired) electrons. The second-order valence-electron chi connectivity index (χ2n) is 5.11. The summed E-state index contributed by atoms with van der Waals surface area (Å²) in [6.45, 7) is 2.24. The molecule has 0 spiro atoms. The van der Waals surface area contributed by atoms with Crippen LogP contribution < -0.4 is 10.6 Å². The summed E-state index contributed by atoms with van der Waals surface area (Å²) in [5, 5.41) is 5.72. The van der Waals surface area contributed by atoms with Crippen molar-refractivity contribution in [2.75, 3.05) is 6.54 Å². The second-order valence-corrected chi connectivity index (χ2v) is 7.60. The Morgan fingerprint density at radius 1 is 0.957 bits per heavy atom. The monoisotopic (exact) mass is 534 g/mol. The lowest BCUT2D eigenvalue weighted by molar-refractivity contribution is 0.0912. The summed E-state index contributed by atoms with van der Waals surface area (Å²) in [5.74, 6) is -0.279. The number of nitrogens with one attached hydrogen (secondary N) is 2. The number of halogens is 2. The van der Waals surface area contributed by atoms with Crippen LogP contribution in [-0.4, -0.2) is 24.4 Å². The van der Waals surface area contributed by atoms with Gasteiger partial charge in [-0.05, 0) is 88.5 Å². The zero-order chi connectivity index (χ0) is 16.8. The van der Waals surface area contributed by atoms with Gasteiger partial charge in [0.25, 0.3) is 11.8 Å². The van der Waals surface area contributed by atoms with E-state index >= 15 is 0 Å². The maximum absolute atomic E-state index is 12.1. The van der Waals surface area contributed by atoms with E-state index in [1.165, 1.54) is 0 Å². The van der Waals surface area contributed by atoms with Crippen LogP contribution in [0.1, 0.15) is 27.6 Å². The Hall–Kier alpha value is -1.16. The van der Waals surface area contributed by atoms with Crippen molar-refractivity contribution in [3.8, 4) is 0 Å². The van der Waals surface area contributed by atoms with Gasteiger partial charge in [0.1, 0.15) is 0 Å². The van der Waals surface area contributed by atoms with E-state index in [0.29, 0.717) is 17.7 Å². The highest BCUT2D eigenvalue weighted by atomic mass is 127. The summed E-state index contributed by atoms with van der Waals surface area (Å²) in [5.41, 5.74) is 1.24. The van der Waals surface area contributed by atoms with Gasteiger partial charge in [-0.1, -0.05) is 12.1 Å². The molecule has 6 heteroatoms. The molecule has 2 aromatic carbocycles. The minimum Gasteiger partial charge on any atom is -0.350 e. The number of benzene rings is 2. The molecule has 0 aliphatic heterocycles. The summed E-state index contributed by atoms with van der Waals surface area (Å²) >= 11 is 4.34. The van der Waals surface area contributed by atoms with Crippen molar-refractivity contribution in [3.63, 3.8) is 0 Å². The van der Waals surface area contributed by atoms with Crippen LogP contribution in [0.3, 0.4) is 0 Å². The van der Waals surface area contributed by atoms with Gasteiger partial charge in [-0.25, -0.2) is 0 Å². The van der Waals surface area contributed by atoms with Gasteiger partial charge in [-0.2, -0.15) is 0 Å². The molecule has 2 amide bonds. The molecule has 1 atom stereocenters. The lowest BCUT2D eigenvalue weighted by Gasteiger charge is -2.15. The fourth-order valence-corrected chi connectivity index (χ4v) is 3.05. The number of carbonyl (C=O) groups is 2. The lowest BCUT2D eigenvalue weighted by atomic mass is 10.2. The Morgan fingerprint density at radius 3 is 2.00 bits per heavy atom. The Labute approximate surface area is 162 Å². The normalized spacial score (nSPS) is 11.6. The molecule has 2 rings (SSSR count). The van der Waals surface area contributed by atoms with Gasteiger partial charge in [0, 0.05) is 30.9 Å². The molecule has 0 heterocycles. The van der Waals surface area contributed by atoms with Crippen molar-refractivity contribution in [1.82, 2.24) is 10.6 Å². The standard InChI is InChI=1S/C17H16I2N2O2/c1-11(21-17(23)13-5-3-7-15(19)9-13)10-20-16(22)12-4-2-6-14(18)8-12/h2-9,11H,10H2,1H3,(H,20,22)(H,21,23). The smallest absolute Gasteiger partial charge is 0.251 e. The molecule has 0 aromatic heterocycles. The SMILES string of the molecule is CC(CNC(=O)c1cccc(I)c1)NC(=O)c1cccc(I)c1. The molecule has 23 heavy (non-hydrogen) atoms. The quantitative estimate of drug-likeness (QED) is 0.578. The third-order valence-electron chi connectivity index (χ3n) is 3.12. The molecule has 0 saturated heterocycles. The van der Waals surface area contributed by atoms with E-state index in [1.54, 1.807) is 12.1 Å². The zero-order valence-corrected chi connectivity index (χ0v) is 16.8. The van der Waals surface area contributed by atoms with Gasteiger partial charge < -0.3 is 10.6 Å². The molecule has 2 aromatic rings. The first-order valence-corrected chi connectivity index (χ1v) is 9.21. The number of hydrogen-bond donors (Lipinski definition) is 2. The summed E-state index contributed by atoms with van der Waals surface area (Å²) in [4.78, 5) is 24.2. The van der Waals surface area contributed by atoms with Gasteiger partial charge in [-0.15, -0.1) is 0 Å². The van der Waals surface area contributed by atoms with Crippen molar-refractivity contribution in [2.24, 2.45) is 0 Å². The van der Waals surface area contributed by atoms with Crippen molar-refractivity contribution in [3.05, 3.63) is 66.8 Å². The molecule has 4 nitrogen and oxygen atoms in total. The Bertz CT molecular complexity index is 719. The van der Waals surface area contributed by atoms with Crippen molar-refractivity contribution in [2.45, 2.75) is 13.0 Å². The molecule has 0 aliphatic rings. The maximum Gasteiger partial charge on any atom is 0.251 e. The molecular weight excluding hydrogens is 518 g/mol. The van der Waals surface area contributed by atoms with Gasteiger partial charge in [0.05, 0.1) is 0 Å². The van der Waals surface area contributed by atoms with E-state index in [-0.39, 0.29) is 17.9 Å². The van der Waals surface area contributed by atoms with Gasteiger partial charge in [0.2, 0.25) is 0 Å². The number of carbonyl (C=O) groups excluding carboxylic acids is 2. The van der Waals surface area contributed by atoms with Crippen LogP contribution in [-0.2, 0) is 0 Å². The predicted octanol–water partition coefficient (Wildman–Crippen LogP) is 3.44. The highest BCUT2D eigenvalue weighted by Gasteiger charge is 2.12. The van der Waals surface area contributed by atoms with E-state index < -0.39 is 0 Å². The number of rotatable bonds is 5. The third-order valence-corrected chi connectivity index (χ3v) is 4.46. The van der Waals surface area contributed by atoms with E-state index in [9.17, 15) is 9.59 Å². The van der Waals surface area contributed by atoms with Crippen LogP contribution in [0.5, 0.6) is 0 Å². The van der Waals surface area contributed by atoms with Gasteiger partial charge in [0.15, 0.2) is 0 Å². The second kappa shape index (κ2) is 8.62. The first-order valence-electron chi connectivity index (χ1n) is 7.06. The van der Waals surface area contributed by atoms with E-state index in [0.717, 1.165) is 7.14 Å². The maximum atomic E-state index is 12.1. The van der Waals surface area contributed by atoms with E-state index in [2.05, 4.69) is 55.8 Å². The largest absolute Gasteiger partial charge is 0.350 e. The predicted molar refractivity (Wildman–Crippen MR) is 108 cm³/mol. The molecule has 0 fully saturated rings. The minimum atomic E-state index is -0.160. The highest BCUT2D eigenvalue weighted by molar-refractivity contribution is 14.1. The van der Waals surface area contributed by atoms with E-state index in [4.69, 9.17) is 0 Å². The summed E-state index contributed by atoms with van der Waals surface area (Å²) < 4.78 is 2.02. The van der Waals surface area contributed by atoms with Crippen molar-refractivity contribution >= 4 is 57.0 Å². The third kappa shape index (κ3) is 5.76. The fourth-order valence-electron chi connectivity index (χ4n) is 1.97. The first kappa shape index (κ1) is 18.2. The minimum absolute atomic E-state index is 0.139. The van der Waals surface area contributed by atoms with Crippen LogP contribution in [0, 0.1) is 7.14 Å². The molecule has 0 saturated carbocycles. The Morgan fingerprint density at radius 2 is 1.48 bits per heavy atom. The molecule has 120 valence electrons. The molecular formula is C17H16I2N2O2. The van der Waals surface area contributed by atoms with Crippen molar-refractivity contribution < 1.29 is 9.59 Å². The molecule has 0 aliphatic carbocycles. The van der Waals surface area contributed by atoms with Gasteiger partial charge >= 0.3 is 0 Å². The summed E-state index contributed by atoms with van der Waals surface area (Å²) in [7, 11) is 0. The number of amides is 2. The topological polar surface area (TPSA) is 58.2 Å². The van der Waals surface area contributed by atoms with Crippen LogP contribution in [0.15, 0.2) is 48.5 Å². The average Bonchev–Trinajstić information content (AvgIpc) is 2.52. The number of hydrogen-bond acceptors (Lipinski definition) is 2. The zero-order valence-electron chi connectivity index (χ0n) is 12.5. The van der Waals surface area contributed by atoms with E-state index in [1.807, 2.05) is 43.3 Å². The van der Waals surface area contributed by atoms with Crippen LogP contribution in [0.4, 0.5) is 0 Å². The average molecular weight is 534 g/mol. The molecule has 0 bridgehead atoms. The molecule has 2 N–H and O–H groups in total. The highest BCUT2D eigenvalue weighted by Crippen LogP contribution is 2.08. The summed E-state index contributed by atoms with van der Waals surface area (Å²) in [6.07, 6.45) is 0. The van der Waals surface area contributed by atoms with Gasteiger partial charge in [-0.3, -0.25) is 9.59 Å². The van der Waals surface area contributed by atoms with Crippen LogP contribution in [0.2, 0.25) is 0 Å². The van der Waals surface area contributed by atoms with Crippen LogP contribution in [0.25, 0.3) is 0 Å². The Balaban J connectivity index is 1.86. The molecule has 1 unspecified atom stereocenters. The van der Waals surface area contributed by atoms with Crippen molar-refractivity contribution in [1.29, 1.82) is 0 Å². The summed E-state index contributed by atoms with van der Waals surface area (Å²) in [6, 6.07) is 14.6. The van der Waals surface area contributed by atoms with Crippen LogP contribution >= 0.6 is 45.2 Å². The fraction of sp³-hybridized carbons (Fsp3) is 0.176. The lowest BCUT2D eigenvalue weighted by Crippen LogP contribution is -2.41. The Kier molecular flexibility index (Phi) is 6.82. The first-order chi connectivity index (χ1) is 11.0.